The number of hydrogen-bond donors (Lipinski definition) is 0. The van der Waals surface area contributed by atoms with Gasteiger partial charge in [0.1, 0.15) is 0 Å². The van der Waals surface area contributed by atoms with Crippen molar-refractivity contribution >= 4 is 43.6 Å². The minimum absolute atomic E-state index is 0. The Labute approximate surface area is 436 Å². The van der Waals surface area contributed by atoms with Crippen molar-refractivity contribution in [2.75, 3.05) is 0 Å². The first-order chi connectivity index (χ1) is 34.8. The number of imidazole rings is 2. The SMILES string of the molecule is CCCCCCc1cc(C)c(-n2ccnc2-c2[c-]cc3c(c2)c2ccccc2n3-c2ccccc2)c(C)c1.Cc1cc(C)c(-n2ccnc2-c2[c-]cc3c(c2)c2ccccc2n3-c2ccccc2)c(C)c1.[Ir]. The fraction of sp³-hybridized carbons (Fsp3) is 0.169. The molecule has 72 heavy (non-hydrogen) atoms. The van der Waals surface area contributed by atoms with Crippen LogP contribution in [0.25, 0.3) is 89.1 Å². The number of para-hydroxylation sites is 4. The molecule has 12 aromatic rings. The van der Waals surface area contributed by atoms with Crippen LogP contribution in [0, 0.1) is 46.8 Å². The number of fused-ring (bicyclic) bond motifs is 6. The summed E-state index contributed by atoms with van der Waals surface area (Å²) < 4.78 is 9.06. The van der Waals surface area contributed by atoms with Crippen LogP contribution in [0.4, 0.5) is 0 Å². The van der Waals surface area contributed by atoms with Crippen LogP contribution in [0.5, 0.6) is 0 Å². The van der Waals surface area contributed by atoms with Crippen molar-refractivity contribution in [3.05, 3.63) is 228 Å². The Morgan fingerprint density at radius 2 is 0.875 bits per heavy atom. The number of hydrogen-bond acceptors (Lipinski definition) is 2. The van der Waals surface area contributed by atoms with E-state index in [0.717, 1.165) is 51.6 Å². The van der Waals surface area contributed by atoms with Gasteiger partial charge in [0.2, 0.25) is 0 Å². The van der Waals surface area contributed by atoms with E-state index >= 15 is 0 Å². The number of rotatable bonds is 11. The second-order valence-corrected chi connectivity index (χ2v) is 19.0. The number of nitrogens with zero attached hydrogens (tertiary/aromatic N) is 6. The second-order valence-electron chi connectivity index (χ2n) is 19.0. The third kappa shape index (κ3) is 8.93. The van der Waals surface area contributed by atoms with Gasteiger partial charge in [0.25, 0.3) is 0 Å². The largest absolute Gasteiger partial charge is 0.351 e. The van der Waals surface area contributed by atoms with Crippen molar-refractivity contribution in [3.63, 3.8) is 0 Å². The van der Waals surface area contributed by atoms with Crippen LogP contribution in [0.1, 0.15) is 66.0 Å². The summed E-state index contributed by atoms with van der Waals surface area (Å²) in [6.07, 6.45) is 14.2. The average molecular weight is 1120 g/mol. The van der Waals surface area contributed by atoms with Gasteiger partial charge < -0.3 is 18.3 Å². The molecule has 0 spiro atoms. The molecular weight excluding hydrogens is 1060 g/mol. The second kappa shape index (κ2) is 20.6. The molecule has 0 amide bonds. The Morgan fingerprint density at radius 3 is 1.33 bits per heavy atom. The molecule has 359 valence electrons. The van der Waals surface area contributed by atoms with Crippen LogP contribution in [0.15, 0.2) is 183 Å². The predicted octanol–water partition coefficient (Wildman–Crippen LogP) is 16.5. The van der Waals surface area contributed by atoms with E-state index in [9.17, 15) is 0 Å². The van der Waals surface area contributed by atoms with Crippen LogP contribution in [-0.2, 0) is 26.5 Å². The van der Waals surface area contributed by atoms with Gasteiger partial charge in [-0.05, 0) is 133 Å². The van der Waals surface area contributed by atoms with Crippen LogP contribution in [-0.4, -0.2) is 28.2 Å². The quantitative estimate of drug-likeness (QED) is 0.0957. The zero-order valence-electron chi connectivity index (χ0n) is 41.9. The van der Waals surface area contributed by atoms with E-state index in [-0.39, 0.29) is 20.1 Å². The van der Waals surface area contributed by atoms with Crippen LogP contribution in [0.2, 0.25) is 0 Å². The molecule has 0 bridgehead atoms. The summed E-state index contributed by atoms with van der Waals surface area (Å²) in [7, 11) is 0. The van der Waals surface area contributed by atoms with Crippen LogP contribution in [0.3, 0.4) is 0 Å². The summed E-state index contributed by atoms with van der Waals surface area (Å²) in [5.74, 6) is 1.83. The Balaban J connectivity index is 0.000000165. The maximum atomic E-state index is 4.81. The molecule has 1 radical (unpaired) electrons. The molecule has 0 saturated heterocycles. The Kier molecular flexibility index (Phi) is 13.8. The summed E-state index contributed by atoms with van der Waals surface area (Å²) in [5, 5.41) is 4.88. The van der Waals surface area contributed by atoms with Crippen molar-refractivity contribution < 1.29 is 20.1 Å². The zero-order valence-corrected chi connectivity index (χ0v) is 44.3. The molecule has 12 rings (SSSR count). The summed E-state index contributed by atoms with van der Waals surface area (Å²) >= 11 is 0. The van der Waals surface area contributed by atoms with Gasteiger partial charge in [0, 0.05) is 78.7 Å². The minimum atomic E-state index is 0. The molecule has 0 N–H and O–H groups in total. The molecule has 0 aliphatic heterocycles. The number of unbranched alkanes of at least 4 members (excludes halogenated alkanes) is 3. The molecule has 6 nitrogen and oxygen atoms in total. The monoisotopic (exact) mass is 1120 g/mol. The Hall–Kier alpha value is -7.57. The van der Waals surface area contributed by atoms with E-state index in [1.807, 2.05) is 18.6 Å². The van der Waals surface area contributed by atoms with Crippen LogP contribution < -0.4 is 0 Å². The van der Waals surface area contributed by atoms with E-state index in [2.05, 4.69) is 236 Å². The van der Waals surface area contributed by atoms with E-state index in [1.165, 1.54) is 103 Å². The smallest absolute Gasteiger partial charge is 0.0603 e. The van der Waals surface area contributed by atoms with Gasteiger partial charge in [-0.3, -0.25) is 9.97 Å². The van der Waals surface area contributed by atoms with E-state index in [0.29, 0.717) is 0 Å². The van der Waals surface area contributed by atoms with Crippen molar-refractivity contribution in [1.29, 1.82) is 0 Å². The van der Waals surface area contributed by atoms with Crippen molar-refractivity contribution in [3.8, 4) is 45.5 Å². The zero-order chi connectivity index (χ0) is 48.6. The van der Waals surface area contributed by atoms with Crippen molar-refractivity contribution in [1.82, 2.24) is 28.2 Å². The van der Waals surface area contributed by atoms with Gasteiger partial charge >= 0.3 is 0 Å². The third-order valence-corrected chi connectivity index (χ3v) is 14.0. The summed E-state index contributed by atoms with van der Waals surface area (Å²) in [6, 6.07) is 63.3. The summed E-state index contributed by atoms with van der Waals surface area (Å²) in [4.78, 5) is 9.56. The standard InChI is InChI=1S/C35H34N3.C30H24N3.Ir/c1-4-5-6-8-13-27-22-25(2)34(26(3)23-27)37-21-20-36-35(37)28-18-19-33-31(24-28)30-16-11-12-17-32(30)38(33)29-14-9-7-10-15-29;1-20-17-21(2)29(22(3)18-20)32-16-15-31-30(32)23-13-14-28-26(19-23)25-11-7-8-12-27(25)33(28)24-9-5-4-6-10-24;/h7,9-12,14-17,19-24H,4-6,8,13H2,1-3H3;4-12,14-19H,1-3H3;/q2*-1;. The van der Waals surface area contributed by atoms with Crippen molar-refractivity contribution in [2.45, 2.75) is 73.6 Å². The Morgan fingerprint density at radius 1 is 0.444 bits per heavy atom. The van der Waals surface area contributed by atoms with Gasteiger partial charge in [-0.1, -0.05) is 140 Å². The van der Waals surface area contributed by atoms with Gasteiger partial charge in [-0.2, -0.15) is 0 Å². The first-order valence-corrected chi connectivity index (χ1v) is 25.0. The number of aryl methyl sites for hydroxylation is 6. The Bertz CT molecular complexity index is 3820. The van der Waals surface area contributed by atoms with E-state index in [1.54, 1.807) is 0 Å². The summed E-state index contributed by atoms with van der Waals surface area (Å²) in [5.41, 5.74) is 19.2. The third-order valence-electron chi connectivity index (χ3n) is 14.0. The van der Waals surface area contributed by atoms with E-state index < -0.39 is 0 Å². The van der Waals surface area contributed by atoms with Gasteiger partial charge in [0.05, 0.1) is 11.6 Å². The molecule has 0 fully saturated rings. The van der Waals surface area contributed by atoms with Crippen molar-refractivity contribution in [2.24, 2.45) is 0 Å². The minimum Gasteiger partial charge on any atom is -0.351 e. The van der Waals surface area contributed by atoms with Gasteiger partial charge in [-0.25, -0.2) is 0 Å². The average Bonchev–Trinajstić information content (AvgIpc) is 4.20. The first kappa shape index (κ1) is 48.1. The molecule has 8 aromatic carbocycles. The molecule has 4 heterocycles. The molecule has 7 heteroatoms. The molecule has 4 aromatic heterocycles. The molecular formula is C65H58IrN6-2. The fourth-order valence-corrected chi connectivity index (χ4v) is 11.0. The fourth-order valence-electron chi connectivity index (χ4n) is 11.0. The molecule has 0 aliphatic carbocycles. The maximum absolute atomic E-state index is 4.81. The normalized spacial score (nSPS) is 11.4. The predicted molar refractivity (Wildman–Crippen MR) is 296 cm³/mol. The van der Waals surface area contributed by atoms with Crippen LogP contribution >= 0.6 is 0 Å². The molecule has 0 atom stereocenters. The molecule has 0 saturated carbocycles. The number of benzene rings is 8. The summed E-state index contributed by atoms with van der Waals surface area (Å²) in [6.45, 7) is 13.2. The maximum Gasteiger partial charge on any atom is 0.0603 e. The van der Waals surface area contributed by atoms with Gasteiger partial charge in [0.15, 0.2) is 0 Å². The molecule has 0 unspecified atom stereocenters. The first-order valence-electron chi connectivity index (χ1n) is 25.0. The van der Waals surface area contributed by atoms with Gasteiger partial charge in [-0.15, -0.1) is 47.5 Å². The molecule has 0 aliphatic rings. The van der Waals surface area contributed by atoms with E-state index in [4.69, 9.17) is 9.97 Å². The number of aromatic nitrogens is 6. The topological polar surface area (TPSA) is 45.5 Å².